The molecule has 0 unspecified atom stereocenters. The van der Waals surface area contributed by atoms with Gasteiger partial charge < -0.3 is 10.6 Å². The minimum absolute atomic E-state index is 0.255. The number of hydrogen-bond acceptors (Lipinski definition) is 4. The lowest BCUT2D eigenvalue weighted by Gasteiger charge is -2.12. The first-order valence-electron chi connectivity index (χ1n) is 7.34. The maximum Gasteiger partial charge on any atom is 0.159 e. The van der Waals surface area contributed by atoms with E-state index in [2.05, 4.69) is 20.7 Å². The van der Waals surface area contributed by atoms with Gasteiger partial charge in [-0.2, -0.15) is 9.61 Å². The molecule has 0 radical (unpaired) electrons. The molecule has 0 atom stereocenters. The lowest BCUT2D eigenvalue weighted by molar-refractivity contribution is 0.622. The molecule has 6 heteroatoms. The van der Waals surface area contributed by atoms with E-state index < -0.39 is 0 Å². The van der Waals surface area contributed by atoms with E-state index in [1.807, 2.05) is 18.2 Å². The molecule has 4 rings (SSSR count). The molecule has 1 aliphatic rings. The molecule has 2 N–H and O–H groups in total. The molecular weight excluding hydrogens is 281 g/mol. The zero-order valence-electron chi connectivity index (χ0n) is 12.2. The third-order valence-corrected chi connectivity index (χ3v) is 3.74. The summed E-state index contributed by atoms with van der Waals surface area (Å²) in [7, 11) is 0. The van der Waals surface area contributed by atoms with Crippen LogP contribution in [-0.2, 0) is 0 Å². The molecule has 2 heterocycles. The molecule has 1 aliphatic carbocycles. The monoisotopic (exact) mass is 297 g/mol. The van der Waals surface area contributed by atoms with Gasteiger partial charge in [0.1, 0.15) is 17.5 Å². The van der Waals surface area contributed by atoms with E-state index in [9.17, 15) is 4.39 Å². The van der Waals surface area contributed by atoms with Gasteiger partial charge in [-0.15, -0.1) is 0 Å². The van der Waals surface area contributed by atoms with E-state index in [4.69, 9.17) is 0 Å². The maximum absolute atomic E-state index is 14.1. The van der Waals surface area contributed by atoms with Gasteiger partial charge in [0.25, 0.3) is 0 Å². The highest BCUT2D eigenvalue weighted by atomic mass is 19.1. The highest BCUT2D eigenvalue weighted by molar-refractivity contribution is 5.64. The van der Waals surface area contributed by atoms with Gasteiger partial charge in [-0.3, -0.25) is 0 Å². The number of aromatic nitrogens is 3. The second-order valence-corrected chi connectivity index (χ2v) is 5.61. The quantitative estimate of drug-likeness (QED) is 0.774. The Morgan fingerprint density at radius 3 is 2.95 bits per heavy atom. The van der Waals surface area contributed by atoms with Crippen LogP contribution in [0.3, 0.4) is 0 Å². The number of nitrogens with zero attached hydrogens (tertiary/aromatic N) is 3. The molecule has 1 aromatic carbocycles. The van der Waals surface area contributed by atoms with Gasteiger partial charge in [0, 0.05) is 18.2 Å². The fraction of sp³-hybridized carbons (Fsp3) is 0.250. The first kappa shape index (κ1) is 13.1. The zero-order chi connectivity index (χ0) is 15.1. The van der Waals surface area contributed by atoms with E-state index in [0.29, 0.717) is 23.1 Å². The Morgan fingerprint density at radius 2 is 2.14 bits per heavy atom. The Labute approximate surface area is 127 Å². The average Bonchev–Trinajstić information content (AvgIpc) is 3.18. The summed E-state index contributed by atoms with van der Waals surface area (Å²) in [6.07, 6.45) is 4.04. The Morgan fingerprint density at radius 1 is 1.27 bits per heavy atom. The number of benzene rings is 1. The van der Waals surface area contributed by atoms with E-state index in [1.54, 1.807) is 29.8 Å². The number of nitrogens with one attached hydrogen (secondary N) is 2. The van der Waals surface area contributed by atoms with Crippen LogP contribution in [0.2, 0.25) is 0 Å². The lowest BCUT2D eigenvalue weighted by atomic mass is 10.2. The van der Waals surface area contributed by atoms with Crippen LogP contribution >= 0.6 is 0 Å². The minimum Gasteiger partial charge on any atom is -0.367 e. The summed E-state index contributed by atoms with van der Waals surface area (Å²) >= 11 is 0. The Kier molecular flexibility index (Phi) is 2.96. The summed E-state index contributed by atoms with van der Waals surface area (Å²) in [5.41, 5.74) is 1.75. The molecule has 0 amide bonds. The summed E-state index contributed by atoms with van der Waals surface area (Å²) in [6.45, 7) is 1.74. The van der Waals surface area contributed by atoms with Gasteiger partial charge in [-0.25, -0.2) is 9.37 Å². The first-order valence-corrected chi connectivity index (χ1v) is 7.34. The summed E-state index contributed by atoms with van der Waals surface area (Å²) < 4.78 is 15.9. The molecule has 0 aliphatic heterocycles. The molecular formula is C16H16FN5. The zero-order valence-corrected chi connectivity index (χ0v) is 12.2. The van der Waals surface area contributed by atoms with E-state index in [-0.39, 0.29) is 5.82 Å². The van der Waals surface area contributed by atoms with Crippen LogP contribution in [0, 0.1) is 12.7 Å². The van der Waals surface area contributed by atoms with Gasteiger partial charge in [-0.1, -0.05) is 12.1 Å². The number of anilines is 3. The van der Waals surface area contributed by atoms with Crippen molar-refractivity contribution >= 4 is 23.0 Å². The molecule has 1 fully saturated rings. The van der Waals surface area contributed by atoms with Crippen LogP contribution in [0.25, 0.3) is 5.65 Å². The van der Waals surface area contributed by atoms with E-state index in [1.165, 1.54) is 12.8 Å². The van der Waals surface area contributed by atoms with Crippen LogP contribution < -0.4 is 10.6 Å². The molecule has 2 aromatic heterocycles. The summed E-state index contributed by atoms with van der Waals surface area (Å²) in [5.74, 6) is 1.21. The first-order chi connectivity index (χ1) is 10.7. The van der Waals surface area contributed by atoms with Crippen molar-refractivity contribution in [1.29, 1.82) is 0 Å². The van der Waals surface area contributed by atoms with Gasteiger partial charge in [0.2, 0.25) is 0 Å². The van der Waals surface area contributed by atoms with Crippen molar-refractivity contribution < 1.29 is 4.39 Å². The standard InChI is InChI=1S/C16H16FN5/c1-10-3-2-4-12(16(10)17)20-13-9-15(19-11-5-6-11)22-14(21-13)7-8-18-22/h2-4,7-9,11,19H,5-6H2,1H3,(H,20,21). The normalized spacial score (nSPS) is 14.3. The predicted octanol–water partition coefficient (Wildman–Crippen LogP) is 3.49. The molecule has 0 bridgehead atoms. The fourth-order valence-electron chi connectivity index (χ4n) is 2.40. The van der Waals surface area contributed by atoms with Crippen molar-refractivity contribution in [2.24, 2.45) is 0 Å². The number of hydrogen-bond donors (Lipinski definition) is 2. The van der Waals surface area contributed by atoms with Crippen LogP contribution in [0.15, 0.2) is 36.5 Å². The molecule has 3 aromatic rings. The molecule has 0 saturated heterocycles. The van der Waals surface area contributed by atoms with Crippen molar-refractivity contribution in [2.45, 2.75) is 25.8 Å². The third kappa shape index (κ3) is 2.36. The van der Waals surface area contributed by atoms with Crippen LogP contribution in [0.5, 0.6) is 0 Å². The highest BCUT2D eigenvalue weighted by Crippen LogP contribution is 2.27. The minimum atomic E-state index is -0.255. The lowest BCUT2D eigenvalue weighted by Crippen LogP contribution is -2.09. The molecule has 1 saturated carbocycles. The van der Waals surface area contributed by atoms with Gasteiger partial charge in [0.05, 0.1) is 11.9 Å². The molecule has 112 valence electrons. The summed E-state index contributed by atoms with van der Waals surface area (Å²) in [5, 5.41) is 10.8. The topological polar surface area (TPSA) is 54.2 Å². The summed E-state index contributed by atoms with van der Waals surface area (Å²) in [4.78, 5) is 4.47. The number of aryl methyl sites for hydroxylation is 1. The van der Waals surface area contributed by atoms with Crippen molar-refractivity contribution in [2.75, 3.05) is 10.6 Å². The van der Waals surface area contributed by atoms with Gasteiger partial charge >= 0.3 is 0 Å². The number of fused-ring (bicyclic) bond motifs is 1. The average molecular weight is 297 g/mol. The Hall–Kier alpha value is -2.63. The predicted molar refractivity (Wildman–Crippen MR) is 84.1 cm³/mol. The fourth-order valence-corrected chi connectivity index (χ4v) is 2.40. The van der Waals surface area contributed by atoms with Crippen molar-refractivity contribution in [3.05, 3.63) is 47.9 Å². The highest BCUT2D eigenvalue weighted by Gasteiger charge is 2.22. The summed E-state index contributed by atoms with van der Waals surface area (Å²) in [6, 6.07) is 9.46. The van der Waals surface area contributed by atoms with Gasteiger partial charge in [-0.05, 0) is 31.4 Å². The largest absolute Gasteiger partial charge is 0.367 e. The molecule has 0 spiro atoms. The second kappa shape index (κ2) is 4.98. The second-order valence-electron chi connectivity index (χ2n) is 5.61. The molecule has 22 heavy (non-hydrogen) atoms. The van der Waals surface area contributed by atoms with Crippen molar-refractivity contribution in [3.63, 3.8) is 0 Å². The van der Waals surface area contributed by atoms with Crippen LogP contribution in [0.1, 0.15) is 18.4 Å². The SMILES string of the molecule is Cc1cccc(Nc2cc(NC3CC3)n3nccc3n2)c1F. The Balaban J connectivity index is 1.73. The van der Waals surface area contributed by atoms with Crippen molar-refractivity contribution in [1.82, 2.24) is 14.6 Å². The molecule has 5 nitrogen and oxygen atoms in total. The van der Waals surface area contributed by atoms with Crippen LogP contribution in [0.4, 0.5) is 21.7 Å². The smallest absolute Gasteiger partial charge is 0.159 e. The third-order valence-electron chi connectivity index (χ3n) is 3.74. The van der Waals surface area contributed by atoms with E-state index >= 15 is 0 Å². The maximum atomic E-state index is 14.1. The van der Waals surface area contributed by atoms with E-state index in [0.717, 1.165) is 11.5 Å². The number of rotatable bonds is 4. The number of halogens is 1. The Bertz CT molecular complexity index is 838. The van der Waals surface area contributed by atoms with Crippen LogP contribution in [-0.4, -0.2) is 20.6 Å². The van der Waals surface area contributed by atoms with Crippen molar-refractivity contribution in [3.8, 4) is 0 Å². The van der Waals surface area contributed by atoms with Gasteiger partial charge in [0.15, 0.2) is 5.65 Å².